The van der Waals surface area contributed by atoms with E-state index in [0.717, 1.165) is 11.3 Å². The molecule has 1 aromatic heterocycles. The molecule has 7 heteroatoms. The van der Waals surface area contributed by atoms with Gasteiger partial charge in [-0.05, 0) is 42.0 Å². The Morgan fingerprint density at radius 3 is 2.87 bits per heavy atom. The first-order valence-electron chi connectivity index (χ1n) is 9.55. The zero-order chi connectivity index (χ0) is 20.8. The van der Waals surface area contributed by atoms with Crippen molar-refractivity contribution in [3.8, 4) is 5.75 Å². The van der Waals surface area contributed by atoms with E-state index in [1.165, 1.54) is 12.1 Å². The van der Waals surface area contributed by atoms with E-state index in [-0.39, 0.29) is 11.7 Å². The summed E-state index contributed by atoms with van der Waals surface area (Å²) >= 11 is 0. The summed E-state index contributed by atoms with van der Waals surface area (Å²) in [5.41, 5.74) is 2.90. The van der Waals surface area contributed by atoms with Gasteiger partial charge < -0.3 is 14.9 Å². The lowest BCUT2D eigenvalue weighted by Gasteiger charge is -2.11. The summed E-state index contributed by atoms with van der Waals surface area (Å²) in [5.74, 6) is 0.0689. The first-order valence-corrected chi connectivity index (χ1v) is 9.55. The summed E-state index contributed by atoms with van der Waals surface area (Å²) in [6.45, 7) is 0.696. The minimum Gasteiger partial charge on any atom is -0.487 e. The number of oxime groups is 1. The summed E-state index contributed by atoms with van der Waals surface area (Å²) in [6, 6.07) is 19.2. The van der Waals surface area contributed by atoms with Crippen molar-refractivity contribution in [1.82, 2.24) is 10.3 Å². The minimum absolute atomic E-state index is 0.273. The molecule has 1 atom stereocenters. The molecule has 2 heterocycles. The smallest absolute Gasteiger partial charge is 0.264 e. The van der Waals surface area contributed by atoms with Crippen LogP contribution >= 0.6 is 0 Å². The fraction of sp³-hybridized carbons (Fsp3) is 0.174. The van der Waals surface area contributed by atoms with Gasteiger partial charge in [0.2, 0.25) is 6.10 Å². The third-order valence-electron chi connectivity index (χ3n) is 4.60. The highest BCUT2D eigenvalue weighted by atomic mass is 19.1. The van der Waals surface area contributed by atoms with Gasteiger partial charge >= 0.3 is 0 Å². The van der Waals surface area contributed by atoms with E-state index in [1.54, 1.807) is 18.3 Å². The number of rotatable bonds is 7. The van der Waals surface area contributed by atoms with Crippen LogP contribution in [0.4, 0.5) is 4.39 Å². The van der Waals surface area contributed by atoms with Crippen molar-refractivity contribution in [1.29, 1.82) is 0 Å². The number of halogens is 1. The Kier molecular flexibility index (Phi) is 5.98. The number of aromatic nitrogens is 1. The van der Waals surface area contributed by atoms with Gasteiger partial charge in [0.05, 0.1) is 11.4 Å². The summed E-state index contributed by atoms with van der Waals surface area (Å²) in [4.78, 5) is 21.9. The summed E-state index contributed by atoms with van der Waals surface area (Å²) in [6.07, 6.45) is 1.29. The van der Waals surface area contributed by atoms with Gasteiger partial charge in [0.15, 0.2) is 0 Å². The molecule has 30 heavy (non-hydrogen) atoms. The molecule has 0 spiro atoms. The second-order valence-electron chi connectivity index (χ2n) is 6.82. The molecule has 4 rings (SSSR count). The molecule has 0 saturated heterocycles. The van der Waals surface area contributed by atoms with E-state index >= 15 is 0 Å². The molecule has 152 valence electrons. The van der Waals surface area contributed by atoms with E-state index in [2.05, 4.69) is 15.5 Å². The molecular weight excluding hydrogens is 385 g/mol. The van der Waals surface area contributed by atoms with Crippen LogP contribution in [-0.2, 0) is 22.8 Å². The van der Waals surface area contributed by atoms with Gasteiger partial charge in [-0.1, -0.05) is 35.5 Å². The number of amides is 1. The van der Waals surface area contributed by atoms with E-state index in [1.807, 2.05) is 42.5 Å². The molecule has 3 aromatic rings. The Hall–Kier alpha value is -3.74. The van der Waals surface area contributed by atoms with Crippen molar-refractivity contribution >= 4 is 11.6 Å². The first-order chi connectivity index (χ1) is 14.7. The van der Waals surface area contributed by atoms with Gasteiger partial charge in [-0.25, -0.2) is 4.39 Å². The van der Waals surface area contributed by atoms with E-state index in [0.29, 0.717) is 36.6 Å². The van der Waals surface area contributed by atoms with Crippen LogP contribution in [0.25, 0.3) is 0 Å². The molecule has 0 saturated carbocycles. The molecule has 2 aromatic carbocycles. The second kappa shape index (κ2) is 9.17. The number of benzene rings is 2. The molecule has 0 radical (unpaired) electrons. The van der Waals surface area contributed by atoms with E-state index in [4.69, 9.17) is 9.57 Å². The highest BCUT2D eigenvalue weighted by Gasteiger charge is 2.28. The molecule has 1 N–H and O–H groups in total. The van der Waals surface area contributed by atoms with E-state index in [9.17, 15) is 9.18 Å². The number of carbonyl (C=O) groups is 1. The predicted octanol–water partition coefficient (Wildman–Crippen LogP) is 3.61. The second-order valence-corrected chi connectivity index (χ2v) is 6.82. The third kappa shape index (κ3) is 5.00. The standard InChI is InChI=1S/C23H20FN3O3/c24-18-7-4-6-17(12-18)21-13-22(30-27-21)23(28)26-14-16-5-3-9-20(11-16)29-15-19-8-1-2-10-25-19/h1-12,22H,13-15H2,(H,26,28). The first kappa shape index (κ1) is 19.6. The van der Waals surface area contributed by atoms with Gasteiger partial charge in [0.1, 0.15) is 18.2 Å². The monoisotopic (exact) mass is 405 g/mol. The molecule has 0 aliphatic carbocycles. The summed E-state index contributed by atoms with van der Waals surface area (Å²) in [7, 11) is 0. The van der Waals surface area contributed by atoms with Crippen LogP contribution in [0.2, 0.25) is 0 Å². The van der Waals surface area contributed by atoms with Crippen molar-refractivity contribution in [3.05, 3.63) is 95.6 Å². The number of hydrogen-bond donors (Lipinski definition) is 1. The lowest BCUT2D eigenvalue weighted by atomic mass is 10.0. The maximum atomic E-state index is 13.4. The number of nitrogens with zero attached hydrogens (tertiary/aromatic N) is 2. The maximum Gasteiger partial charge on any atom is 0.264 e. The Morgan fingerprint density at radius 1 is 1.13 bits per heavy atom. The lowest BCUT2D eigenvalue weighted by molar-refractivity contribution is -0.131. The van der Waals surface area contributed by atoms with Crippen molar-refractivity contribution in [2.75, 3.05) is 0 Å². The molecule has 1 unspecified atom stereocenters. The fourth-order valence-electron chi connectivity index (χ4n) is 3.05. The predicted molar refractivity (Wildman–Crippen MR) is 109 cm³/mol. The van der Waals surface area contributed by atoms with Gasteiger partial charge in [-0.3, -0.25) is 9.78 Å². The van der Waals surface area contributed by atoms with Crippen molar-refractivity contribution in [2.45, 2.75) is 25.7 Å². The number of ether oxygens (including phenoxy) is 1. The summed E-state index contributed by atoms with van der Waals surface area (Å²) < 4.78 is 19.1. The Bertz CT molecular complexity index is 1060. The normalized spacial score (nSPS) is 15.2. The van der Waals surface area contributed by atoms with Gasteiger partial charge in [0.25, 0.3) is 5.91 Å². The highest BCUT2D eigenvalue weighted by Crippen LogP contribution is 2.18. The molecule has 1 aliphatic heterocycles. The van der Waals surface area contributed by atoms with Crippen LogP contribution in [-0.4, -0.2) is 22.7 Å². The number of hydrogen-bond acceptors (Lipinski definition) is 5. The Labute approximate surface area is 173 Å². The molecule has 1 amide bonds. The van der Waals surface area contributed by atoms with Crippen LogP contribution in [0.1, 0.15) is 23.2 Å². The van der Waals surface area contributed by atoms with Crippen LogP contribution in [0.15, 0.2) is 78.1 Å². The van der Waals surface area contributed by atoms with Crippen molar-refractivity contribution in [3.63, 3.8) is 0 Å². The average molecular weight is 405 g/mol. The fourth-order valence-corrected chi connectivity index (χ4v) is 3.05. The number of carbonyl (C=O) groups excluding carboxylic acids is 1. The maximum absolute atomic E-state index is 13.4. The Balaban J connectivity index is 1.28. The van der Waals surface area contributed by atoms with Crippen LogP contribution in [0, 0.1) is 5.82 Å². The van der Waals surface area contributed by atoms with Gasteiger partial charge in [-0.2, -0.15) is 0 Å². The van der Waals surface area contributed by atoms with Crippen LogP contribution in [0.3, 0.4) is 0 Å². The van der Waals surface area contributed by atoms with Crippen molar-refractivity contribution < 1.29 is 18.8 Å². The largest absolute Gasteiger partial charge is 0.487 e. The van der Waals surface area contributed by atoms with Gasteiger partial charge in [-0.15, -0.1) is 0 Å². The Morgan fingerprint density at radius 2 is 2.03 bits per heavy atom. The average Bonchev–Trinajstić information content (AvgIpc) is 3.28. The zero-order valence-corrected chi connectivity index (χ0v) is 16.1. The minimum atomic E-state index is -0.730. The molecule has 1 aliphatic rings. The lowest BCUT2D eigenvalue weighted by Crippen LogP contribution is -2.34. The SMILES string of the molecule is O=C(NCc1cccc(OCc2ccccn2)c1)C1CC(c2cccc(F)c2)=NO1. The molecule has 0 fully saturated rings. The number of pyridine rings is 1. The molecular formula is C23H20FN3O3. The zero-order valence-electron chi connectivity index (χ0n) is 16.1. The molecule has 6 nitrogen and oxygen atoms in total. The number of nitrogens with one attached hydrogen (secondary N) is 1. The summed E-state index contributed by atoms with van der Waals surface area (Å²) in [5, 5.41) is 6.78. The quantitative estimate of drug-likeness (QED) is 0.652. The van der Waals surface area contributed by atoms with Gasteiger partial charge in [0, 0.05) is 24.7 Å². The van der Waals surface area contributed by atoms with Crippen LogP contribution < -0.4 is 10.1 Å². The van der Waals surface area contributed by atoms with E-state index < -0.39 is 6.10 Å². The van der Waals surface area contributed by atoms with Crippen molar-refractivity contribution in [2.24, 2.45) is 5.16 Å². The third-order valence-corrected chi connectivity index (χ3v) is 4.60. The van der Waals surface area contributed by atoms with Crippen LogP contribution in [0.5, 0.6) is 5.75 Å². The highest BCUT2D eigenvalue weighted by molar-refractivity contribution is 6.04. The molecule has 0 bridgehead atoms. The topological polar surface area (TPSA) is 72.8 Å².